The molecule has 0 radical (unpaired) electrons. The van der Waals surface area contributed by atoms with Crippen molar-refractivity contribution in [3.8, 4) is 6.07 Å². The highest BCUT2D eigenvalue weighted by atomic mass is 28.4. The first-order valence-electron chi connectivity index (χ1n) is 10.3. The van der Waals surface area contributed by atoms with Crippen molar-refractivity contribution in [2.45, 2.75) is 92.0 Å². The minimum atomic E-state index is -1.91. The van der Waals surface area contributed by atoms with Gasteiger partial charge >= 0.3 is 0 Å². The van der Waals surface area contributed by atoms with Crippen LogP contribution in [0.25, 0.3) is 0 Å². The van der Waals surface area contributed by atoms with Crippen molar-refractivity contribution in [3.05, 3.63) is 46.6 Å². The molecule has 0 aliphatic heterocycles. The van der Waals surface area contributed by atoms with Crippen molar-refractivity contribution in [1.29, 1.82) is 5.26 Å². The summed E-state index contributed by atoms with van der Waals surface area (Å²) in [6.07, 6.45) is 13.9. The van der Waals surface area contributed by atoms with E-state index in [0.29, 0.717) is 6.42 Å². The molecule has 1 atom stereocenters. The largest absolute Gasteiger partial charge is 0.396 e. The Kier molecular flexibility index (Phi) is 8.98. The van der Waals surface area contributed by atoms with E-state index in [0.717, 1.165) is 31.3 Å². The SMILES string of the molecule is C/C1=C\C=C(/C(C)C)C(C#N)(O[Si](C)(C)C)C/C(C)=C/CC/C(C)=C/CC1. The van der Waals surface area contributed by atoms with Gasteiger partial charge in [0, 0.05) is 6.42 Å². The summed E-state index contributed by atoms with van der Waals surface area (Å²) >= 11 is 0. The molecule has 0 saturated heterocycles. The second-order valence-electron chi connectivity index (χ2n) is 9.30. The first kappa shape index (κ1) is 23.7. The Bertz CT molecular complexity index is 667. The molecule has 0 saturated carbocycles. The molecule has 1 aliphatic carbocycles. The molecule has 3 heteroatoms. The van der Waals surface area contributed by atoms with E-state index in [1.807, 2.05) is 0 Å². The smallest absolute Gasteiger partial charge is 0.186 e. The van der Waals surface area contributed by atoms with E-state index in [1.165, 1.54) is 16.7 Å². The summed E-state index contributed by atoms with van der Waals surface area (Å²) in [7, 11) is -1.91. The van der Waals surface area contributed by atoms with E-state index in [2.05, 4.69) is 84.6 Å². The van der Waals surface area contributed by atoms with Crippen LogP contribution >= 0.6 is 0 Å². The number of rotatable bonds is 3. The van der Waals surface area contributed by atoms with E-state index in [9.17, 15) is 5.26 Å². The van der Waals surface area contributed by atoms with Gasteiger partial charge in [-0.15, -0.1) is 0 Å². The van der Waals surface area contributed by atoms with Gasteiger partial charge in [-0.3, -0.25) is 0 Å². The highest BCUT2D eigenvalue weighted by molar-refractivity contribution is 6.69. The van der Waals surface area contributed by atoms with E-state index in [-0.39, 0.29) is 5.92 Å². The molecular formula is C24H39NOSi. The van der Waals surface area contributed by atoms with Crippen molar-refractivity contribution in [1.82, 2.24) is 0 Å². The molecule has 0 bridgehead atoms. The molecule has 0 aromatic heterocycles. The van der Waals surface area contributed by atoms with Gasteiger partial charge in [0.05, 0.1) is 0 Å². The Labute approximate surface area is 168 Å². The molecule has 0 aromatic carbocycles. The van der Waals surface area contributed by atoms with E-state index in [4.69, 9.17) is 4.43 Å². The Balaban J connectivity index is 3.51. The third kappa shape index (κ3) is 8.03. The lowest BCUT2D eigenvalue weighted by Gasteiger charge is -2.37. The van der Waals surface area contributed by atoms with Crippen molar-refractivity contribution in [2.75, 3.05) is 0 Å². The van der Waals surface area contributed by atoms with Crippen LogP contribution in [0.4, 0.5) is 0 Å². The van der Waals surface area contributed by atoms with Crippen LogP contribution in [0.1, 0.15) is 66.7 Å². The second kappa shape index (κ2) is 10.2. The Morgan fingerprint density at radius 1 is 0.963 bits per heavy atom. The van der Waals surface area contributed by atoms with Crippen molar-refractivity contribution in [2.24, 2.45) is 5.92 Å². The van der Waals surface area contributed by atoms with E-state index < -0.39 is 13.9 Å². The zero-order valence-electron chi connectivity index (χ0n) is 18.8. The van der Waals surface area contributed by atoms with Gasteiger partial charge in [0.1, 0.15) is 6.07 Å². The third-order valence-electron chi connectivity index (χ3n) is 4.89. The fourth-order valence-corrected chi connectivity index (χ4v) is 4.90. The fourth-order valence-electron chi connectivity index (χ4n) is 3.61. The van der Waals surface area contributed by atoms with Gasteiger partial charge in [-0.25, -0.2) is 0 Å². The predicted molar refractivity (Wildman–Crippen MR) is 120 cm³/mol. The van der Waals surface area contributed by atoms with Crippen LogP contribution < -0.4 is 0 Å². The van der Waals surface area contributed by atoms with Crippen LogP contribution in [0.5, 0.6) is 0 Å². The third-order valence-corrected chi connectivity index (χ3v) is 5.85. The van der Waals surface area contributed by atoms with Crippen LogP contribution in [0.2, 0.25) is 19.6 Å². The molecule has 1 unspecified atom stereocenters. The maximum Gasteiger partial charge on any atom is 0.186 e. The zero-order valence-corrected chi connectivity index (χ0v) is 19.8. The van der Waals surface area contributed by atoms with Crippen molar-refractivity contribution in [3.63, 3.8) is 0 Å². The summed E-state index contributed by atoms with van der Waals surface area (Å²) in [5, 5.41) is 10.3. The number of nitrogens with zero attached hydrogens (tertiary/aromatic N) is 1. The molecule has 1 aliphatic rings. The highest BCUT2D eigenvalue weighted by Gasteiger charge is 2.40. The molecule has 150 valence electrons. The van der Waals surface area contributed by atoms with Crippen molar-refractivity contribution >= 4 is 8.32 Å². The number of hydrogen-bond donors (Lipinski definition) is 0. The summed E-state index contributed by atoms with van der Waals surface area (Å²) in [5.74, 6) is 0.257. The summed E-state index contributed by atoms with van der Waals surface area (Å²) in [6.45, 7) is 17.4. The lowest BCUT2D eigenvalue weighted by molar-refractivity contribution is 0.147. The van der Waals surface area contributed by atoms with Gasteiger partial charge in [0.25, 0.3) is 0 Å². The average molecular weight is 386 g/mol. The fraction of sp³-hybridized carbons (Fsp3) is 0.625. The molecule has 1 rings (SSSR count). The zero-order chi connectivity index (χ0) is 20.7. The number of nitriles is 1. The first-order valence-corrected chi connectivity index (χ1v) is 13.7. The van der Waals surface area contributed by atoms with Crippen LogP contribution in [0.3, 0.4) is 0 Å². The van der Waals surface area contributed by atoms with E-state index in [1.54, 1.807) is 0 Å². The van der Waals surface area contributed by atoms with Gasteiger partial charge in [-0.2, -0.15) is 5.26 Å². The maximum atomic E-state index is 10.3. The summed E-state index contributed by atoms with van der Waals surface area (Å²) in [6, 6.07) is 2.60. The van der Waals surface area contributed by atoms with E-state index >= 15 is 0 Å². The number of hydrogen-bond acceptors (Lipinski definition) is 2. The average Bonchev–Trinajstić information content (AvgIpc) is 2.52. The van der Waals surface area contributed by atoms with Crippen LogP contribution in [0.15, 0.2) is 46.6 Å². The first-order chi connectivity index (χ1) is 12.5. The maximum absolute atomic E-state index is 10.3. The van der Waals surface area contributed by atoms with Crippen LogP contribution in [-0.4, -0.2) is 13.9 Å². The van der Waals surface area contributed by atoms with Crippen molar-refractivity contribution < 1.29 is 4.43 Å². The standard InChI is InChI=1S/C24H39NOSi/c1-19(2)23-16-15-21(4)13-9-11-20(3)12-10-14-22(5)17-24(23,18-25)26-27(6,7)8/h11,14-16,19H,9-10,12-13,17H2,1-8H3/b20-11+,21-15+,22-14+,23-16+. The molecule has 0 amide bonds. The molecule has 0 heterocycles. The monoisotopic (exact) mass is 385 g/mol. The minimum absolute atomic E-state index is 0.257. The van der Waals surface area contributed by atoms with Crippen LogP contribution in [0, 0.1) is 17.2 Å². The molecular weight excluding hydrogens is 346 g/mol. The second-order valence-corrected chi connectivity index (χ2v) is 13.7. The van der Waals surface area contributed by atoms with Gasteiger partial charge in [0.15, 0.2) is 13.9 Å². The quantitative estimate of drug-likeness (QED) is 0.372. The van der Waals surface area contributed by atoms with Gasteiger partial charge in [0.2, 0.25) is 0 Å². The topological polar surface area (TPSA) is 33.0 Å². The van der Waals surface area contributed by atoms with Gasteiger partial charge in [-0.05, 0) is 77.6 Å². The molecule has 0 fully saturated rings. The molecule has 0 N–H and O–H groups in total. The summed E-state index contributed by atoms with van der Waals surface area (Å²) in [5.41, 5.74) is 4.27. The molecule has 0 spiro atoms. The highest BCUT2D eigenvalue weighted by Crippen LogP contribution is 2.36. The Morgan fingerprint density at radius 2 is 1.52 bits per heavy atom. The Morgan fingerprint density at radius 3 is 2.04 bits per heavy atom. The molecule has 0 aromatic rings. The van der Waals surface area contributed by atoms with Gasteiger partial charge < -0.3 is 4.43 Å². The Hall–Kier alpha value is -1.37. The molecule has 2 nitrogen and oxygen atoms in total. The lowest BCUT2D eigenvalue weighted by Crippen LogP contribution is -2.44. The minimum Gasteiger partial charge on any atom is -0.396 e. The summed E-state index contributed by atoms with van der Waals surface area (Å²) < 4.78 is 6.60. The normalized spacial score (nSPS) is 31.3. The molecule has 27 heavy (non-hydrogen) atoms. The number of allylic oxidation sites excluding steroid dienone is 6. The van der Waals surface area contributed by atoms with Gasteiger partial charge in [-0.1, -0.05) is 54.9 Å². The predicted octanol–water partition coefficient (Wildman–Crippen LogP) is 7.49. The van der Waals surface area contributed by atoms with Crippen LogP contribution in [-0.2, 0) is 4.43 Å². The lowest BCUT2D eigenvalue weighted by atomic mass is 9.81. The summed E-state index contributed by atoms with van der Waals surface area (Å²) in [4.78, 5) is 0.